The summed E-state index contributed by atoms with van der Waals surface area (Å²) in [6, 6.07) is 0. The zero-order valence-corrected chi connectivity index (χ0v) is 8.60. The van der Waals surface area contributed by atoms with Crippen molar-refractivity contribution in [3.8, 4) is 0 Å². The summed E-state index contributed by atoms with van der Waals surface area (Å²) in [5.74, 6) is 0.335. The smallest absolute Gasteiger partial charge is 0.312 e. The van der Waals surface area contributed by atoms with Crippen LogP contribution in [-0.2, 0) is 9.53 Å². The maximum Gasteiger partial charge on any atom is 0.312 e. The summed E-state index contributed by atoms with van der Waals surface area (Å²) in [5, 5.41) is 0. The Morgan fingerprint density at radius 3 is 2.00 bits per heavy atom. The predicted molar refractivity (Wildman–Crippen MR) is 47.7 cm³/mol. The Morgan fingerprint density at radius 1 is 1.33 bits per heavy atom. The monoisotopic (exact) mass is 170 g/mol. The van der Waals surface area contributed by atoms with Gasteiger partial charge < -0.3 is 4.74 Å². The first-order valence-corrected chi connectivity index (χ1v) is 4.51. The van der Waals surface area contributed by atoms with Crippen LogP contribution in [0.15, 0.2) is 0 Å². The van der Waals surface area contributed by atoms with E-state index < -0.39 is 0 Å². The average Bonchev–Trinajstić information content (AvgIpc) is 2.03. The molecule has 0 spiro atoms. The highest BCUT2D eigenvalue weighted by Crippen LogP contribution is 2.43. The molecule has 0 aromatic heterocycles. The van der Waals surface area contributed by atoms with Gasteiger partial charge in [-0.15, -0.1) is 0 Å². The average molecular weight is 170 g/mol. The van der Waals surface area contributed by atoms with Crippen molar-refractivity contribution >= 4 is 5.97 Å². The Labute approximate surface area is 74.3 Å². The van der Waals surface area contributed by atoms with Crippen molar-refractivity contribution in [1.29, 1.82) is 0 Å². The third-order valence-corrected chi connectivity index (χ3v) is 2.89. The first-order chi connectivity index (χ1) is 5.28. The summed E-state index contributed by atoms with van der Waals surface area (Å²) >= 11 is 0. The van der Waals surface area contributed by atoms with Crippen LogP contribution in [-0.4, -0.2) is 11.6 Å². The van der Waals surface area contributed by atoms with Crippen molar-refractivity contribution in [2.24, 2.45) is 11.3 Å². The summed E-state index contributed by atoms with van der Waals surface area (Å²) in [5.41, 5.74) is -0.542. The lowest BCUT2D eigenvalue weighted by Gasteiger charge is -2.27. The van der Waals surface area contributed by atoms with Crippen molar-refractivity contribution in [3.05, 3.63) is 0 Å². The zero-order chi connectivity index (χ0) is 9.57. The van der Waals surface area contributed by atoms with E-state index >= 15 is 0 Å². The van der Waals surface area contributed by atoms with Gasteiger partial charge in [0, 0.05) is 6.42 Å². The fourth-order valence-corrected chi connectivity index (χ4v) is 1.66. The van der Waals surface area contributed by atoms with Crippen LogP contribution in [0, 0.1) is 11.3 Å². The summed E-state index contributed by atoms with van der Waals surface area (Å²) in [6.07, 6.45) is 0.830. The molecule has 2 heteroatoms. The van der Waals surface area contributed by atoms with Gasteiger partial charge >= 0.3 is 5.97 Å². The zero-order valence-electron chi connectivity index (χ0n) is 8.60. The van der Waals surface area contributed by atoms with E-state index in [0.717, 1.165) is 6.42 Å². The van der Waals surface area contributed by atoms with Gasteiger partial charge in [-0.1, -0.05) is 13.8 Å². The second kappa shape index (κ2) is 2.48. The second-order valence-corrected chi connectivity index (χ2v) is 4.92. The molecular formula is C10H18O2. The van der Waals surface area contributed by atoms with Gasteiger partial charge in [0.25, 0.3) is 0 Å². The van der Waals surface area contributed by atoms with Crippen molar-refractivity contribution in [3.63, 3.8) is 0 Å². The Kier molecular flexibility index (Phi) is 1.97. The third-order valence-electron chi connectivity index (χ3n) is 2.89. The highest BCUT2D eigenvalue weighted by molar-refractivity contribution is 5.78. The molecule has 1 atom stereocenters. The van der Waals surface area contributed by atoms with Crippen LogP contribution in [0.1, 0.15) is 41.0 Å². The second-order valence-electron chi connectivity index (χ2n) is 4.92. The van der Waals surface area contributed by atoms with Crippen LogP contribution in [0.3, 0.4) is 0 Å². The van der Waals surface area contributed by atoms with Gasteiger partial charge in [0.2, 0.25) is 0 Å². The van der Waals surface area contributed by atoms with Crippen LogP contribution in [0.25, 0.3) is 0 Å². The van der Waals surface area contributed by atoms with Crippen LogP contribution in [0.2, 0.25) is 0 Å². The third kappa shape index (κ3) is 1.35. The van der Waals surface area contributed by atoms with Crippen LogP contribution >= 0.6 is 0 Å². The van der Waals surface area contributed by atoms with E-state index in [1.54, 1.807) is 0 Å². The molecule has 0 saturated carbocycles. The van der Waals surface area contributed by atoms with Crippen molar-refractivity contribution < 1.29 is 9.53 Å². The van der Waals surface area contributed by atoms with Gasteiger partial charge in [-0.05, 0) is 26.7 Å². The molecule has 12 heavy (non-hydrogen) atoms. The molecule has 0 bridgehead atoms. The maximum atomic E-state index is 11.4. The lowest BCUT2D eigenvalue weighted by atomic mass is 9.79. The first-order valence-electron chi connectivity index (χ1n) is 4.51. The number of hydrogen-bond donors (Lipinski definition) is 0. The standard InChI is InChI=1S/C10H18O2/c1-7(2)10(5)6-9(3,4)8(11)12-10/h7H,6H2,1-5H3. The van der Waals surface area contributed by atoms with Gasteiger partial charge in [0.15, 0.2) is 0 Å². The van der Waals surface area contributed by atoms with E-state index in [1.807, 2.05) is 20.8 Å². The van der Waals surface area contributed by atoms with Crippen LogP contribution in [0.5, 0.6) is 0 Å². The molecule has 1 aliphatic rings. The van der Waals surface area contributed by atoms with Crippen molar-refractivity contribution in [2.45, 2.75) is 46.6 Å². The molecule has 0 aromatic carbocycles. The lowest BCUT2D eigenvalue weighted by Crippen LogP contribution is -2.30. The fraction of sp³-hybridized carbons (Fsp3) is 0.900. The Morgan fingerprint density at radius 2 is 1.83 bits per heavy atom. The molecule has 70 valence electrons. The minimum atomic E-state index is -0.293. The summed E-state index contributed by atoms with van der Waals surface area (Å²) in [6.45, 7) is 10.1. The highest BCUT2D eigenvalue weighted by atomic mass is 16.6. The van der Waals surface area contributed by atoms with E-state index in [1.165, 1.54) is 0 Å². The van der Waals surface area contributed by atoms with E-state index in [2.05, 4.69) is 13.8 Å². The molecule has 1 saturated heterocycles. The normalized spacial score (nSPS) is 34.0. The van der Waals surface area contributed by atoms with E-state index in [-0.39, 0.29) is 17.0 Å². The topological polar surface area (TPSA) is 26.3 Å². The molecule has 2 nitrogen and oxygen atoms in total. The summed E-state index contributed by atoms with van der Waals surface area (Å²) < 4.78 is 5.39. The molecule has 0 amide bonds. The number of cyclic esters (lactones) is 1. The lowest BCUT2D eigenvalue weighted by molar-refractivity contribution is -0.154. The maximum absolute atomic E-state index is 11.4. The quantitative estimate of drug-likeness (QED) is 0.565. The molecular weight excluding hydrogens is 152 g/mol. The Bertz CT molecular complexity index is 206. The molecule has 1 fully saturated rings. The number of carbonyl (C=O) groups is 1. The fourth-order valence-electron chi connectivity index (χ4n) is 1.66. The Hall–Kier alpha value is -0.530. The van der Waals surface area contributed by atoms with Crippen molar-refractivity contribution in [1.82, 2.24) is 0 Å². The molecule has 1 heterocycles. The largest absolute Gasteiger partial charge is 0.459 e. The number of carbonyl (C=O) groups excluding carboxylic acids is 1. The van der Waals surface area contributed by atoms with Gasteiger partial charge in [-0.3, -0.25) is 4.79 Å². The number of ether oxygens (including phenoxy) is 1. The van der Waals surface area contributed by atoms with Gasteiger partial charge in [-0.2, -0.15) is 0 Å². The summed E-state index contributed by atoms with van der Waals surface area (Å²) in [7, 11) is 0. The molecule has 1 aliphatic heterocycles. The molecule has 0 radical (unpaired) electrons. The molecule has 0 aromatic rings. The van der Waals surface area contributed by atoms with E-state index in [0.29, 0.717) is 5.92 Å². The van der Waals surface area contributed by atoms with Crippen LogP contribution in [0.4, 0.5) is 0 Å². The molecule has 1 rings (SSSR count). The van der Waals surface area contributed by atoms with Crippen molar-refractivity contribution in [2.75, 3.05) is 0 Å². The van der Waals surface area contributed by atoms with Gasteiger partial charge in [-0.25, -0.2) is 0 Å². The SMILES string of the molecule is CC(C)C1(C)CC(C)(C)C(=O)O1. The number of hydrogen-bond acceptors (Lipinski definition) is 2. The predicted octanol–water partition coefficient (Wildman–Crippen LogP) is 2.37. The minimum Gasteiger partial charge on any atom is -0.459 e. The Balaban J connectivity index is 2.85. The highest BCUT2D eigenvalue weighted by Gasteiger charge is 2.50. The number of esters is 1. The van der Waals surface area contributed by atoms with E-state index in [4.69, 9.17) is 4.74 Å². The van der Waals surface area contributed by atoms with Crippen LogP contribution < -0.4 is 0 Å². The minimum absolute atomic E-state index is 0.0568. The number of rotatable bonds is 1. The molecule has 0 aliphatic carbocycles. The summed E-state index contributed by atoms with van der Waals surface area (Å²) in [4.78, 5) is 11.4. The van der Waals surface area contributed by atoms with Gasteiger partial charge in [0.1, 0.15) is 5.60 Å². The molecule has 0 N–H and O–H groups in total. The first kappa shape index (κ1) is 9.56. The molecule has 1 unspecified atom stereocenters. The van der Waals surface area contributed by atoms with Gasteiger partial charge in [0.05, 0.1) is 5.41 Å². The van der Waals surface area contributed by atoms with E-state index in [9.17, 15) is 4.79 Å².